The van der Waals surface area contributed by atoms with Gasteiger partial charge in [-0.25, -0.2) is 0 Å². The highest BCUT2D eigenvalue weighted by Crippen LogP contribution is 2.23. The molecule has 14 heavy (non-hydrogen) atoms. The Morgan fingerprint density at radius 1 is 1.14 bits per heavy atom. The van der Waals surface area contributed by atoms with E-state index in [1.807, 2.05) is 30.3 Å². The van der Waals surface area contributed by atoms with Crippen LogP contribution in [0.3, 0.4) is 0 Å². The fraction of sp³-hybridized carbons (Fsp3) is 0.500. The van der Waals surface area contributed by atoms with Crippen LogP contribution >= 0.6 is 0 Å². The maximum absolute atomic E-state index is 5.92. The first-order valence-corrected chi connectivity index (χ1v) is 5.20. The summed E-state index contributed by atoms with van der Waals surface area (Å²) in [7, 11) is 0. The van der Waals surface area contributed by atoms with Crippen LogP contribution in [-0.4, -0.2) is 12.1 Å². The third-order valence-electron chi connectivity index (χ3n) is 2.74. The molecule has 0 aliphatic heterocycles. The van der Waals surface area contributed by atoms with Crippen LogP contribution in [0.5, 0.6) is 5.75 Å². The number of hydrogen-bond donors (Lipinski definition) is 1. The van der Waals surface area contributed by atoms with Gasteiger partial charge in [-0.1, -0.05) is 32.0 Å². The smallest absolute Gasteiger partial charge is 0.121 e. The van der Waals surface area contributed by atoms with Crippen LogP contribution in [0.1, 0.15) is 26.7 Å². The van der Waals surface area contributed by atoms with E-state index < -0.39 is 0 Å². The Bertz CT molecular complexity index is 246. The van der Waals surface area contributed by atoms with Gasteiger partial charge in [0.2, 0.25) is 0 Å². The van der Waals surface area contributed by atoms with Gasteiger partial charge in [0, 0.05) is 6.54 Å². The lowest BCUT2D eigenvalue weighted by Crippen LogP contribution is -2.42. The van der Waals surface area contributed by atoms with Crippen LogP contribution in [0.25, 0.3) is 0 Å². The molecule has 0 radical (unpaired) electrons. The summed E-state index contributed by atoms with van der Waals surface area (Å²) < 4.78 is 5.92. The summed E-state index contributed by atoms with van der Waals surface area (Å²) in [4.78, 5) is 0. The van der Waals surface area contributed by atoms with Crippen molar-refractivity contribution in [1.82, 2.24) is 0 Å². The number of ether oxygens (including phenoxy) is 1. The molecule has 1 rings (SSSR count). The zero-order valence-corrected chi connectivity index (χ0v) is 8.99. The first-order valence-electron chi connectivity index (χ1n) is 5.20. The predicted molar refractivity (Wildman–Crippen MR) is 59.4 cm³/mol. The molecule has 0 bridgehead atoms. The number of benzene rings is 1. The Morgan fingerprint density at radius 3 is 2.14 bits per heavy atom. The lowest BCUT2D eigenvalue weighted by molar-refractivity contribution is 0.0692. The highest BCUT2D eigenvalue weighted by Gasteiger charge is 2.26. The second kappa shape index (κ2) is 5.01. The van der Waals surface area contributed by atoms with E-state index in [4.69, 9.17) is 10.5 Å². The van der Waals surface area contributed by atoms with Crippen LogP contribution < -0.4 is 10.5 Å². The maximum atomic E-state index is 5.92. The molecule has 0 amide bonds. The van der Waals surface area contributed by atoms with Crippen LogP contribution in [0, 0.1) is 0 Å². The fourth-order valence-electron chi connectivity index (χ4n) is 1.46. The summed E-state index contributed by atoms with van der Waals surface area (Å²) in [6.07, 6.45) is 1.88. The van der Waals surface area contributed by atoms with Crippen LogP contribution in [-0.2, 0) is 0 Å². The van der Waals surface area contributed by atoms with E-state index in [1.54, 1.807) is 0 Å². The standard InChI is InChI=1S/C12H19NO/c1-3-12(4-2,10-13)14-11-8-6-5-7-9-11/h5-9H,3-4,10,13H2,1-2H3. The first kappa shape index (κ1) is 11.1. The van der Waals surface area contributed by atoms with Gasteiger partial charge in [0.15, 0.2) is 0 Å². The molecule has 0 heterocycles. The third kappa shape index (κ3) is 2.48. The average Bonchev–Trinajstić information content (AvgIpc) is 2.28. The number of rotatable bonds is 5. The Kier molecular flexibility index (Phi) is 3.96. The monoisotopic (exact) mass is 193 g/mol. The summed E-state index contributed by atoms with van der Waals surface area (Å²) in [5.41, 5.74) is 5.56. The van der Waals surface area contributed by atoms with Crippen molar-refractivity contribution in [3.63, 3.8) is 0 Å². The molecule has 0 atom stereocenters. The minimum atomic E-state index is -0.193. The van der Waals surface area contributed by atoms with E-state index in [9.17, 15) is 0 Å². The van der Waals surface area contributed by atoms with Gasteiger partial charge >= 0.3 is 0 Å². The van der Waals surface area contributed by atoms with Gasteiger partial charge in [-0.05, 0) is 25.0 Å². The number of hydrogen-bond acceptors (Lipinski definition) is 2. The minimum absolute atomic E-state index is 0.193. The molecule has 0 fully saturated rings. The van der Waals surface area contributed by atoms with Crippen molar-refractivity contribution in [3.05, 3.63) is 30.3 Å². The molecular formula is C12H19NO. The molecule has 2 heteroatoms. The largest absolute Gasteiger partial charge is 0.486 e. The molecule has 1 aromatic carbocycles. The topological polar surface area (TPSA) is 35.2 Å². The van der Waals surface area contributed by atoms with Gasteiger partial charge in [0.25, 0.3) is 0 Å². The molecule has 2 N–H and O–H groups in total. The Balaban J connectivity index is 2.74. The molecule has 2 nitrogen and oxygen atoms in total. The van der Waals surface area contributed by atoms with E-state index in [0.717, 1.165) is 18.6 Å². The molecule has 0 aromatic heterocycles. The Hall–Kier alpha value is -1.02. The molecule has 0 aliphatic rings. The van der Waals surface area contributed by atoms with E-state index >= 15 is 0 Å². The normalized spacial score (nSPS) is 11.4. The van der Waals surface area contributed by atoms with E-state index in [2.05, 4.69) is 13.8 Å². The summed E-state index contributed by atoms with van der Waals surface area (Å²) in [5.74, 6) is 0.904. The molecule has 1 aromatic rings. The van der Waals surface area contributed by atoms with Crippen molar-refractivity contribution < 1.29 is 4.74 Å². The predicted octanol–water partition coefficient (Wildman–Crippen LogP) is 2.58. The molecule has 78 valence electrons. The van der Waals surface area contributed by atoms with Gasteiger partial charge in [0.05, 0.1) is 0 Å². The third-order valence-corrected chi connectivity index (χ3v) is 2.74. The molecule has 0 unspecified atom stereocenters. The van der Waals surface area contributed by atoms with Crippen molar-refractivity contribution >= 4 is 0 Å². The van der Waals surface area contributed by atoms with Crippen LogP contribution in [0.2, 0.25) is 0 Å². The van der Waals surface area contributed by atoms with Crippen molar-refractivity contribution in [2.24, 2.45) is 5.73 Å². The Morgan fingerprint density at radius 2 is 1.71 bits per heavy atom. The average molecular weight is 193 g/mol. The summed E-state index contributed by atoms with van der Waals surface area (Å²) in [6.45, 7) is 4.79. The molecule has 0 saturated carbocycles. The fourth-order valence-corrected chi connectivity index (χ4v) is 1.46. The lowest BCUT2D eigenvalue weighted by Gasteiger charge is -2.31. The van der Waals surface area contributed by atoms with E-state index in [0.29, 0.717) is 6.54 Å². The second-order valence-electron chi connectivity index (χ2n) is 3.51. The van der Waals surface area contributed by atoms with Gasteiger partial charge in [-0.3, -0.25) is 0 Å². The molecule has 0 aliphatic carbocycles. The highest BCUT2D eigenvalue weighted by molar-refractivity contribution is 5.22. The zero-order chi connectivity index (χ0) is 10.4. The molecule has 0 saturated heterocycles. The molecule has 0 spiro atoms. The quantitative estimate of drug-likeness (QED) is 0.780. The van der Waals surface area contributed by atoms with Crippen molar-refractivity contribution in [3.8, 4) is 5.75 Å². The zero-order valence-electron chi connectivity index (χ0n) is 8.99. The Labute approximate surface area is 86.1 Å². The SMILES string of the molecule is CCC(CC)(CN)Oc1ccccc1. The number of para-hydroxylation sites is 1. The van der Waals surface area contributed by atoms with Gasteiger partial charge in [-0.15, -0.1) is 0 Å². The van der Waals surface area contributed by atoms with E-state index in [1.165, 1.54) is 0 Å². The second-order valence-corrected chi connectivity index (χ2v) is 3.51. The first-order chi connectivity index (χ1) is 6.76. The van der Waals surface area contributed by atoms with Crippen molar-refractivity contribution in [2.45, 2.75) is 32.3 Å². The van der Waals surface area contributed by atoms with Crippen LogP contribution in [0.15, 0.2) is 30.3 Å². The van der Waals surface area contributed by atoms with Gasteiger partial charge in [-0.2, -0.15) is 0 Å². The van der Waals surface area contributed by atoms with Gasteiger partial charge < -0.3 is 10.5 Å². The summed E-state index contributed by atoms with van der Waals surface area (Å²) in [6, 6.07) is 9.87. The van der Waals surface area contributed by atoms with Crippen molar-refractivity contribution in [2.75, 3.05) is 6.54 Å². The highest BCUT2D eigenvalue weighted by atomic mass is 16.5. The summed E-state index contributed by atoms with van der Waals surface area (Å²) >= 11 is 0. The minimum Gasteiger partial charge on any atom is -0.486 e. The maximum Gasteiger partial charge on any atom is 0.121 e. The lowest BCUT2D eigenvalue weighted by atomic mass is 9.97. The van der Waals surface area contributed by atoms with Gasteiger partial charge in [0.1, 0.15) is 11.4 Å². The van der Waals surface area contributed by atoms with Crippen molar-refractivity contribution in [1.29, 1.82) is 0 Å². The van der Waals surface area contributed by atoms with E-state index in [-0.39, 0.29) is 5.60 Å². The molecular weight excluding hydrogens is 174 g/mol. The number of nitrogens with two attached hydrogens (primary N) is 1. The summed E-state index contributed by atoms with van der Waals surface area (Å²) in [5, 5.41) is 0. The van der Waals surface area contributed by atoms with Crippen LogP contribution in [0.4, 0.5) is 0 Å².